The number of benzene rings is 1. The van der Waals surface area contributed by atoms with Gasteiger partial charge in [0.15, 0.2) is 12.4 Å². The Balaban J connectivity index is 1.71. The van der Waals surface area contributed by atoms with Gasteiger partial charge in [0.05, 0.1) is 24.2 Å². The highest BCUT2D eigenvalue weighted by atomic mass is 16.6. The molecule has 2 aromatic rings. The van der Waals surface area contributed by atoms with Crippen molar-refractivity contribution in [2.45, 2.75) is 6.92 Å². The summed E-state index contributed by atoms with van der Waals surface area (Å²) in [7, 11) is 0. The number of hydrogen-bond donors (Lipinski definition) is 1. The van der Waals surface area contributed by atoms with E-state index in [0.717, 1.165) is 11.4 Å². The quantitative estimate of drug-likeness (QED) is 0.690. The van der Waals surface area contributed by atoms with Crippen LogP contribution in [0.5, 0.6) is 5.75 Å². The maximum absolute atomic E-state index is 13.3. The van der Waals surface area contributed by atoms with E-state index in [1.54, 1.807) is 47.8 Å². The summed E-state index contributed by atoms with van der Waals surface area (Å²) >= 11 is 0. The Morgan fingerprint density at radius 2 is 2.12 bits per heavy atom. The third-order valence-electron chi connectivity index (χ3n) is 4.20. The van der Waals surface area contributed by atoms with E-state index in [1.165, 1.54) is 0 Å². The molecule has 1 saturated heterocycles. The number of carbonyl (C=O) groups excluding carboxylic acids is 1. The highest BCUT2D eigenvalue weighted by molar-refractivity contribution is 6.10. The summed E-state index contributed by atoms with van der Waals surface area (Å²) in [6, 6.07) is 8.52. The van der Waals surface area contributed by atoms with Gasteiger partial charge in [0, 0.05) is 24.5 Å². The molecule has 1 unspecified atom stereocenters. The van der Waals surface area contributed by atoms with Crippen LogP contribution in [0.1, 0.15) is 6.92 Å². The fourth-order valence-electron chi connectivity index (χ4n) is 3.00. The predicted octanol–water partition coefficient (Wildman–Crippen LogP) is 2.56. The molecule has 7 heteroatoms. The van der Waals surface area contributed by atoms with Crippen molar-refractivity contribution in [2.24, 2.45) is 0 Å². The highest BCUT2D eigenvalue weighted by Gasteiger charge is 2.47. The van der Waals surface area contributed by atoms with Gasteiger partial charge in [-0.15, -0.1) is 0 Å². The lowest BCUT2D eigenvalue weighted by molar-refractivity contribution is -0.122. The molecule has 1 atom stereocenters. The Morgan fingerprint density at radius 1 is 1.33 bits per heavy atom. The molecular weight excluding hydrogens is 308 g/mol. The average molecular weight is 324 g/mol. The second-order valence-electron chi connectivity index (χ2n) is 5.61. The molecular formula is C17H16N4O3. The molecule has 1 amide bonds. The number of anilines is 2. The number of carbonyl (C=O) groups is 1. The molecule has 0 aliphatic carbocycles. The molecule has 7 nitrogen and oxygen atoms in total. The van der Waals surface area contributed by atoms with E-state index in [-0.39, 0.29) is 6.67 Å². The summed E-state index contributed by atoms with van der Waals surface area (Å²) in [6.07, 6.45) is 4.89. The fourth-order valence-corrected chi connectivity index (χ4v) is 3.00. The van der Waals surface area contributed by atoms with Crippen LogP contribution in [0.2, 0.25) is 0 Å². The largest absolute Gasteiger partial charge is 0.618 e. The lowest BCUT2D eigenvalue weighted by Gasteiger charge is -2.34. The smallest absolute Gasteiger partial charge is 0.370 e. The SMILES string of the molecule is CCOc1ccc([N+]2([O-])CN3C(=CNc4ccncc43)C2=O)cc1. The minimum Gasteiger partial charge on any atom is -0.618 e. The van der Waals surface area contributed by atoms with Crippen LogP contribution in [-0.2, 0) is 4.79 Å². The van der Waals surface area contributed by atoms with Gasteiger partial charge < -0.3 is 15.3 Å². The van der Waals surface area contributed by atoms with Crippen molar-refractivity contribution in [3.05, 3.63) is 59.8 Å². The Labute approximate surface area is 138 Å². The molecule has 1 aromatic carbocycles. The van der Waals surface area contributed by atoms with E-state index in [0.29, 0.717) is 23.7 Å². The molecule has 0 bridgehead atoms. The van der Waals surface area contributed by atoms with Crippen molar-refractivity contribution < 1.29 is 9.53 Å². The van der Waals surface area contributed by atoms with Gasteiger partial charge in [-0.25, -0.2) is 9.44 Å². The van der Waals surface area contributed by atoms with Crippen LogP contribution in [0.4, 0.5) is 17.1 Å². The molecule has 2 aliphatic heterocycles. The maximum Gasteiger partial charge on any atom is 0.370 e. The first-order chi connectivity index (χ1) is 11.6. The first-order valence-corrected chi connectivity index (χ1v) is 7.69. The van der Waals surface area contributed by atoms with E-state index >= 15 is 0 Å². The third-order valence-corrected chi connectivity index (χ3v) is 4.20. The molecule has 3 heterocycles. The molecule has 24 heavy (non-hydrogen) atoms. The van der Waals surface area contributed by atoms with Crippen LogP contribution in [0, 0.1) is 5.21 Å². The molecule has 0 saturated carbocycles. The molecule has 1 aromatic heterocycles. The second kappa shape index (κ2) is 5.33. The van der Waals surface area contributed by atoms with E-state index in [9.17, 15) is 10.0 Å². The van der Waals surface area contributed by atoms with Crippen LogP contribution < -0.4 is 19.6 Å². The number of nitrogens with one attached hydrogen (secondary N) is 1. The first kappa shape index (κ1) is 14.7. The number of aromatic nitrogens is 1. The summed E-state index contributed by atoms with van der Waals surface area (Å²) in [5, 5.41) is 16.3. The number of amides is 1. The van der Waals surface area contributed by atoms with Gasteiger partial charge in [-0.1, -0.05) is 0 Å². The molecule has 4 rings (SSSR count). The van der Waals surface area contributed by atoms with Crippen molar-refractivity contribution in [1.29, 1.82) is 0 Å². The lowest BCUT2D eigenvalue weighted by Crippen LogP contribution is -2.45. The van der Waals surface area contributed by atoms with Crippen LogP contribution in [0.25, 0.3) is 0 Å². The molecule has 122 valence electrons. The monoisotopic (exact) mass is 324 g/mol. The Kier molecular flexibility index (Phi) is 3.26. The fraction of sp³-hybridized carbons (Fsp3) is 0.176. The predicted molar refractivity (Wildman–Crippen MR) is 91.1 cm³/mol. The minimum absolute atomic E-state index is 0.0149. The number of hydrogen-bond acceptors (Lipinski definition) is 6. The molecule has 2 aliphatic rings. The number of hydroxylamine groups is 2. The second-order valence-corrected chi connectivity index (χ2v) is 5.61. The third kappa shape index (κ3) is 2.06. The normalized spacial score (nSPS) is 21.7. The van der Waals surface area contributed by atoms with Gasteiger partial charge >= 0.3 is 5.91 Å². The number of quaternary nitrogens is 1. The van der Waals surface area contributed by atoms with Crippen LogP contribution in [0.15, 0.2) is 54.6 Å². The molecule has 0 radical (unpaired) electrons. The summed E-state index contributed by atoms with van der Waals surface area (Å²) in [5.74, 6) is 0.175. The number of ether oxygens (including phenoxy) is 1. The topological polar surface area (TPSA) is 77.5 Å². The first-order valence-electron chi connectivity index (χ1n) is 7.69. The van der Waals surface area contributed by atoms with Crippen LogP contribution >= 0.6 is 0 Å². The Hall–Kier alpha value is -2.90. The number of pyridine rings is 1. The number of rotatable bonds is 3. The summed E-state index contributed by atoms with van der Waals surface area (Å²) in [5.41, 5.74) is 2.27. The zero-order valence-corrected chi connectivity index (χ0v) is 13.1. The zero-order chi connectivity index (χ0) is 16.7. The van der Waals surface area contributed by atoms with Crippen molar-refractivity contribution >= 4 is 23.0 Å². The summed E-state index contributed by atoms with van der Waals surface area (Å²) < 4.78 is 4.33. The van der Waals surface area contributed by atoms with Crippen LogP contribution in [-0.4, -0.2) is 24.2 Å². The number of fused-ring (bicyclic) bond motifs is 3. The van der Waals surface area contributed by atoms with Crippen molar-refractivity contribution in [2.75, 3.05) is 23.5 Å². The van der Waals surface area contributed by atoms with Gasteiger partial charge in [-0.05, 0) is 25.1 Å². The van der Waals surface area contributed by atoms with Gasteiger partial charge in [0.1, 0.15) is 11.4 Å². The molecule has 0 spiro atoms. The van der Waals surface area contributed by atoms with Gasteiger partial charge in [-0.3, -0.25) is 9.88 Å². The van der Waals surface area contributed by atoms with E-state index in [2.05, 4.69) is 10.3 Å². The summed E-state index contributed by atoms with van der Waals surface area (Å²) in [6.45, 7) is 2.42. The van der Waals surface area contributed by atoms with Gasteiger partial charge in [-0.2, -0.15) is 0 Å². The minimum atomic E-state index is -1.06. The lowest BCUT2D eigenvalue weighted by atomic mass is 10.2. The molecule has 1 fully saturated rings. The Bertz CT molecular complexity index is 834. The number of nitrogens with zero attached hydrogens (tertiary/aromatic N) is 3. The van der Waals surface area contributed by atoms with Crippen molar-refractivity contribution in [3.63, 3.8) is 0 Å². The zero-order valence-electron chi connectivity index (χ0n) is 13.1. The highest BCUT2D eigenvalue weighted by Crippen LogP contribution is 2.40. The van der Waals surface area contributed by atoms with E-state index < -0.39 is 10.6 Å². The summed E-state index contributed by atoms with van der Waals surface area (Å²) in [4.78, 5) is 18.5. The average Bonchev–Trinajstić information content (AvgIpc) is 2.88. The van der Waals surface area contributed by atoms with E-state index in [1.807, 2.05) is 13.0 Å². The van der Waals surface area contributed by atoms with Crippen LogP contribution in [0.3, 0.4) is 0 Å². The van der Waals surface area contributed by atoms with Crippen molar-refractivity contribution in [3.8, 4) is 5.75 Å². The molecule has 1 N–H and O–H groups in total. The van der Waals surface area contributed by atoms with Gasteiger partial charge in [0.2, 0.25) is 0 Å². The Morgan fingerprint density at radius 3 is 2.88 bits per heavy atom. The van der Waals surface area contributed by atoms with E-state index in [4.69, 9.17) is 4.74 Å². The van der Waals surface area contributed by atoms with Gasteiger partial charge in [0.25, 0.3) is 0 Å². The standard InChI is InChI=1S/C17H16N4O3/c1-2-24-13-5-3-12(4-6-13)21(23)11-20-15-9-18-8-7-14(15)19-10-16(20)17(21)22/h3-10,19H,2,11H2,1H3. The van der Waals surface area contributed by atoms with Crippen molar-refractivity contribution in [1.82, 2.24) is 9.63 Å². The maximum atomic E-state index is 13.3.